The van der Waals surface area contributed by atoms with Crippen molar-refractivity contribution in [3.8, 4) is 0 Å². The molecule has 0 spiro atoms. The second kappa shape index (κ2) is 8.15. The molecule has 4 rings (SSSR count). The highest BCUT2D eigenvalue weighted by Crippen LogP contribution is 2.32. The van der Waals surface area contributed by atoms with Crippen LogP contribution in [0, 0.1) is 0 Å². The van der Waals surface area contributed by atoms with Crippen molar-refractivity contribution in [1.29, 1.82) is 0 Å². The first-order valence-electron chi connectivity index (χ1n) is 9.60. The lowest BCUT2D eigenvalue weighted by Crippen LogP contribution is -2.33. The topological polar surface area (TPSA) is 40.6 Å². The molecule has 1 heterocycles. The van der Waals surface area contributed by atoms with Gasteiger partial charge >= 0.3 is 0 Å². The zero-order valence-electron chi connectivity index (χ0n) is 16.3. The summed E-state index contributed by atoms with van der Waals surface area (Å²) in [6.45, 7) is 0.808. The maximum absolute atomic E-state index is 13.3. The van der Waals surface area contributed by atoms with Crippen LogP contribution in [0.1, 0.15) is 16.7 Å². The third-order valence-corrected chi connectivity index (χ3v) is 5.03. The van der Waals surface area contributed by atoms with Crippen LogP contribution in [0.3, 0.4) is 0 Å². The van der Waals surface area contributed by atoms with Gasteiger partial charge in [0.05, 0.1) is 12.1 Å². The Hall–Kier alpha value is -3.66. The van der Waals surface area contributed by atoms with Crippen LogP contribution in [0.15, 0.2) is 96.7 Å². The van der Waals surface area contributed by atoms with Crippen molar-refractivity contribution in [2.75, 3.05) is 7.05 Å². The molecule has 4 heteroatoms. The molecule has 0 aliphatic carbocycles. The van der Waals surface area contributed by atoms with Gasteiger partial charge in [0, 0.05) is 13.6 Å². The highest BCUT2D eigenvalue weighted by molar-refractivity contribution is 6.35. The maximum atomic E-state index is 13.3. The summed E-state index contributed by atoms with van der Waals surface area (Å²) >= 11 is 0. The third-order valence-electron chi connectivity index (χ3n) is 5.03. The molecule has 3 aromatic rings. The Balaban J connectivity index is 1.71. The zero-order valence-corrected chi connectivity index (χ0v) is 16.3. The summed E-state index contributed by atoms with van der Waals surface area (Å²) in [4.78, 5) is 29.9. The van der Waals surface area contributed by atoms with E-state index in [4.69, 9.17) is 0 Å². The zero-order chi connectivity index (χ0) is 20.2. The molecule has 0 saturated carbocycles. The second-order valence-electron chi connectivity index (χ2n) is 7.11. The number of benzene rings is 3. The number of rotatable bonds is 6. The second-order valence-corrected chi connectivity index (χ2v) is 7.11. The van der Waals surface area contributed by atoms with Gasteiger partial charge in [0.2, 0.25) is 0 Å². The van der Waals surface area contributed by atoms with Crippen molar-refractivity contribution in [1.82, 2.24) is 9.80 Å². The molecule has 144 valence electrons. The molecule has 1 aliphatic rings. The number of carbonyl (C=O) groups is 2. The monoisotopic (exact) mass is 382 g/mol. The summed E-state index contributed by atoms with van der Waals surface area (Å²) in [6.07, 6.45) is 0. The van der Waals surface area contributed by atoms with Gasteiger partial charge in [-0.25, -0.2) is 0 Å². The van der Waals surface area contributed by atoms with Crippen LogP contribution in [0.5, 0.6) is 0 Å². The summed E-state index contributed by atoms with van der Waals surface area (Å²) < 4.78 is 0. The molecule has 0 saturated heterocycles. The average Bonchev–Trinajstić information content (AvgIpc) is 3.00. The fraction of sp³-hybridized carbons (Fsp3) is 0.120. The van der Waals surface area contributed by atoms with Gasteiger partial charge in [0.15, 0.2) is 0 Å². The lowest BCUT2D eigenvalue weighted by molar-refractivity contribution is -0.138. The van der Waals surface area contributed by atoms with E-state index < -0.39 is 0 Å². The normalized spacial score (nSPS) is 13.9. The highest BCUT2D eigenvalue weighted by Gasteiger charge is 2.40. The molecule has 0 bridgehead atoms. The van der Waals surface area contributed by atoms with Gasteiger partial charge in [-0.2, -0.15) is 0 Å². The number of likely N-dealkylation sites (N-methyl/N-ethyl adjacent to an activating group) is 1. The van der Waals surface area contributed by atoms with Crippen molar-refractivity contribution in [3.63, 3.8) is 0 Å². The molecule has 2 amide bonds. The minimum atomic E-state index is -0.254. The van der Waals surface area contributed by atoms with Crippen LogP contribution in [0.4, 0.5) is 0 Å². The van der Waals surface area contributed by atoms with Gasteiger partial charge in [-0.3, -0.25) is 14.5 Å². The lowest BCUT2D eigenvalue weighted by Gasteiger charge is -2.21. The Bertz CT molecular complexity index is 1040. The molecule has 29 heavy (non-hydrogen) atoms. The molecule has 3 aromatic carbocycles. The largest absolute Gasteiger partial charge is 0.365 e. The van der Waals surface area contributed by atoms with Crippen LogP contribution in [-0.2, 0) is 22.7 Å². The van der Waals surface area contributed by atoms with Gasteiger partial charge in [0.25, 0.3) is 11.8 Å². The Morgan fingerprint density at radius 3 is 1.79 bits per heavy atom. The number of hydrogen-bond donors (Lipinski definition) is 0. The number of nitrogens with zero attached hydrogens (tertiary/aromatic N) is 2. The predicted octanol–water partition coefficient (Wildman–Crippen LogP) is 4.10. The number of carbonyl (C=O) groups excluding carboxylic acids is 2. The van der Waals surface area contributed by atoms with E-state index >= 15 is 0 Å². The minimum absolute atomic E-state index is 0.250. The summed E-state index contributed by atoms with van der Waals surface area (Å²) in [6, 6.07) is 29.0. The van der Waals surface area contributed by atoms with Gasteiger partial charge in [-0.05, 0) is 16.7 Å². The summed E-state index contributed by atoms with van der Waals surface area (Å²) in [5.74, 6) is -0.504. The fourth-order valence-electron chi connectivity index (χ4n) is 3.63. The molecule has 0 radical (unpaired) electrons. The van der Waals surface area contributed by atoms with Crippen LogP contribution in [-0.4, -0.2) is 28.7 Å². The molecular weight excluding hydrogens is 360 g/mol. The van der Waals surface area contributed by atoms with Gasteiger partial charge < -0.3 is 4.90 Å². The van der Waals surface area contributed by atoms with E-state index in [1.54, 1.807) is 0 Å². The Morgan fingerprint density at radius 2 is 1.21 bits per heavy atom. The lowest BCUT2D eigenvalue weighted by atomic mass is 10.0. The molecule has 4 nitrogen and oxygen atoms in total. The molecule has 0 aromatic heterocycles. The summed E-state index contributed by atoms with van der Waals surface area (Å²) in [5, 5.41) is 0. The maximum Gasteiger partial charge on any atom is 0.278 e. The van der Waals surface area contributed by atoms with Crippen LogP contribution < -0.4 is 0 Å². The van der Waals surface area contributed by atoms with Gasteiger partial charge in [-0.1, -0.05) is 91.0 Å². The van der Waals surface area contributed by atoms with Crippen molar-refractivity contribution >= 4 is 17.4 Å². The summed E-state index contributed by atoms with van der Waals surface area (Å²) in [5.41, 5.74) is 3.67. The van der Waals surface area contributed by atoms with E-state index in [1.807, 2.05) is 103 Å². The third kappa shape index (κ3) is 3.83. The first-order valence-corrected chi connectivity index (χ1v) is 9.60. The molecule has 0 N–H and O–H groups in total. The SMILES string of the molecule is CN(Cc1ccccc1)C1=C(c2ccccc2)C(=O)N(Cc2ccccc2)C1=O. The first kappa shape index (κ1) is 18.7. The van der Waals surface area contributed by atoms with Crippen molar-refractivity contribution in [2.45, 2.75) is 13.1 Å². The molecular formula is C25H22N2O2. The van der Waals surface area contributed by atoms with Crippen LogP contribution in [0.25, 0.3) is 5.57 Å². The first-order chi connectivity index (χ1) is 14.1. The van der Waals surface area contributed by atoms with Crippen molar-refractivity contribution in [3.05, 3.63) is 113 Å². The minimum Gasteiger partial charge on any atom is -0.365 e. The number of imide groups is 1. The van der Waals surface area contributed by atoms with E-state index in [2.05, 4.69) is 0 Å². The molecule has 1 aliphatic heterocycles. The predicted molar refractivity (Wildman–Crippen MR) is 113 cm³/mol. The fourth-order valence-corrected chi connectivity index (χ4v) is 3.63. The van der Waals surface area contributed by atoms with Crippen LogP contribution >= 0.6 is 0 Å². The van der Waals surface area contributed by atoms with E-state index in [0.717, 1.165) is 16.7 Å². The van der Waals surface area contributed by atoms with Crippen molar-refractivity contribution < 1.29 is 9.59 Å². The van der Waals surface area contributed by atoms with E-state index in [1.165, 1.54) is 4.90 Å². The van der Waals surface area contributed by atoms with Crippen LogP contribution in [0.2, 0.25) is 0 Å². The summed E-state index contributed by atoms with van der Waals surface area (Å²) in [7, 11) is 1.86. The van der Waals surface area contributed by atoms with E-state index in [9.17, 15) is 9.59 Å². The van der Waals surface area contributed by atoms with Gasteiger partial charge in [0.1, 0.15) is 5.70 Å². The smallest absolute Gasteiger partial charge is 0.278 e. The molecule has 0 fully saturated rings. The average molecular weight is 382 g/mol. The van der Waals surface area contributed by atoms with E-state index in [0.29, 0.717) is 17.8 Å². The quantitative estimate of drug-likeness (QED) is 0.603. The standard InChI is InChI=1S/C25H22N2O2/c1-26(17-19-11-5-2-6-12-19)23-22(21-15-9-4-10-16-21)24(28)27(25(23)29)18-20-13-7-3-8-14-20/h2-16H,17-18H2,1H3. The van der Waals surface area contributed by atoms with E-state index in [-0.39, 0.29) is 18.4 Å². The number of amides is 2. The van der Waals surface area contributed by atoms with Gasteiger partial charge in [-0.15, -0.1) is 0 Å². The Kier molecular flexibility index (Phi) is 5.25. The molecule has 0 atom stereocenters. The Morgan fingerprint density at radius 1 is 0.690 bits per heavy atom. The highest BCUT2D eigenvalue weighted by atomic mass is 16.2. The molecule has 0 unspecified atom stereocenters. The van der Waals surface area contributed by atoms with Crippen molar-refractivity contribution in [2.24, 2.45) is 0 Å². The Labute approximate surface area is 170 Å². The number of hydrogen-bond acceptors (Lipinski definition) is 3.